The lowest BCUT2D eigenvalue weighted by atomic mass is 10.3. The van der Waals surface area contributed by atoms with E-state index in [0.29, 0.717) is 18.0 Å². The number of hydrogen-bond donors (Lipinski definition) is 1. The van der Waals surface area contributed by atoms with Gasteiger partial charge in [0.05, 0.1) is 16.7 Å². The third kappa shape index (κ3) is 5.30. The molecule has 0 atom stereocenters. The summed E-state index contributed by atoms with van der Waals surface area (Å²) in [5.41, 5.74) is 0.0928. The van der Waals surface area contributed by atoms with Crippen LogP contribution in [0.25, 0.3) is 0 Å². The van der Waals surface area contributed by atoms with Crippen LogP contribution in [0.2, 0.25) is 0 Å². The van der Waals surface area contributed by atoms with Crippen LogP contribution in [0.15, 0.2) is 34.1 Å². The van der Waals surface area contributed by atoms with Crippen LogP contribution >= 0.6 is 11.3 Å². The van der Waals surface area contributed by atoms with Gasteiger partial charge in [-0.3, -0.25) is 4.72 Å². The summed E-state index contributed by atoms with van der Waals surface area (Å²) < 4.78 is 61.2. The molecule has 0 bridgehead atoms. The van der Waals surface area contributed by atoms with E-state index in [2.05, 4.69) is 4.72 Å². The van der Waals surface area contributed by atoms with Crippen molar-refractivity contribution >= 4 is 37.1 Å². The van der Waals surface area contributed by atoms with Crippen molar-refractivity contribution < 1.29 is 21.6 Å². The SMILES string of the molecule is CCN(CC)S(=O)(=O)c1ccc(OC(C)C)c(NS(=O)(=O)c2cc(C)sc2C)c1. The van der Waals surface area contributed by atoms with Gasteiger partial charge in [0.15, 0.2) is 0 Å². The number of sulfonamides is 2. The van der Waals surface area contributed by atoms with Crippen LogP contribution in [-0.2, 0) is 20.0 Å². The van der Waals surface area contributed by atoms with Crippen LogP contribution in [0.1, 0.15) is 37.4 Å². The van der Waals surface area contributed by atoms with Crippen molar-refractivity contribution in [3.63, 3.8) is 0 Å². The lowest BCUT2D eigenvalue weighted by molar-refractivity contribution is 0.243. The standard InChI is InChI=1S/C19H28N2O5S3/c1-7-21(8-2)29(24,25)16-9-10-18(26-13(3)4)17(12-16)20-28(22,23)19-11-14(5)27-15(19)6/h9-13,20H,7-8H2,1-6H3. The summed E-state index contributed by atoms with van der Waals surface area (Å²) in [6.07, 6.45) is -0.214. The molecule has 0 aliphatic carbocycles. The zero-order valence-corrected chi connectivity index (χ0v) is 20.0. The average molecular weight is 461 g/mol. The van der Waals surface area contributed by atoms with Crippen LogP contribution in [0.5, 0.6) is 5.75 Å². The summed E-state index contributed by atoms with van der Waals surface area (Å²) in [6, 6.07) is 5.84. The largest absolute Gasteiger partial charge is 0.489 e. The first-order valence-corrected chi connectivity index (χ1v) is 13.1. The number of ether oxygens (including phenoxy) is 1. The first-order valence-electron chi connectivity index (χ1n) is 9.33. The van der Waals surface area contributed by atoms with Gasteiger partial charge in [-0.25, -0.2) is 16.8 Å². The Bertz CT molecular complexity index is 1070. The first-order chi connectivity index (χ1) is 13.4. The van der Waals surface area contributed by atoms with Gasteiger partial charge in [-0.15, -0.1) is 11.3 Å². The van der Waals surface area contributed by atoms with E-state index in [1.54, 1.807) is 26.8 Å². The van der Waals surface area contributed by atoms with E-state index < -0.39 is 20.0 Å². The minimum absolute atomic E-state index is 0.00762. The molecule has 2 aromatic rings. The number of thiophene rings is 1. The molecule has 1 heterocycles. The van der Waals surface area contributed by atoms with Gasteiger partial charge in [-0.2, -0.15) is 4.31 Å². The monoisotopic (exact) mass is 460 g/mol. The summed E-state index contributed by atoms with van der Waals surface area (Å²) in [4.78, 5) is 1.72. The number of hydrogen-bond acceptors (Lipinski definition) is 6. The smallest absolute Gasteiger partial charge is 0.263 e. The molecule has 0 amide bonds. The molecule has 1 N–H and O–H groups in total. The van der Waals surface area contributed by atoms with Gasteiger partial charge in [0.25, 0.3) is 10.0 Å². The van der Waals surface area contributed by atoms with Crippen molar-refractivity contribution in [1.29, 1.82) is 0 Å². The fourth-order valence-electron chi connectivity index (χ4n) is 2.89. The van der Waals surface area contributed by atoms with Crippen molar-refractivity contribution in [2.45, 2.75) is 57.4 Å². The number of anilines is 1. The fourth-order valence-corrected chi connectivity index (χ4v) is 6.99. The van der Waals surface area contributed by atoms with E-state index in [-0.39, 0.29) is 27.3 Å². The van der Waals surface area contributed by atoms with Gasteiger partial charge in [-0.1, -0.05) is 13.8 Å². The van der Waals surface area contributed by atoms with Crippen LogP contribution < -0.4 is 9.46 Å². The summed E-state index contributed by atoms with van der Waals surface area (Å²) >= 11 is 1.39. The van der Waals surface area contributed by atoms with Gasteiger partial charge >= 0.3 is 0 Å². The van der Waals surface area contributed by atoms with E-state index in [0.717, 1.165) is 4.88 Å². The molecule has 2 rings (SSSR count). The lowest BCUT2D eigenvalue weighted by Crippen LogP contribution is -2.30. The van der Waals surface area contributed by atoms with Crippen molar-refractivity contribution in [3.05, 3.63) is 34.0 Å². The Morgan fingerprint density at radius 3 is 2.17 bits per heavy atom. The summed E-state index contributed by atoms with van der Waals surface area (Å²) in [6.45, 7) is 11.3. The quantitative estimate of drug-likeness (QED) is 0.611. The molecule has 0 spiro atoms. The Morgan fingerprint density at radius 2 is 1.69 bits per heavy atom. The lowest BCUT2D eigenvalue weighted by Gasteiger charge is -2.21. The average Bonchev–Trinajstić information content (AvgIpc) is 2.95. The Balaban J connectivity index is 2.57. The highest BCUT2D eigenvalue weighted by atomic mass is 32.2. The summed E-state index contributed by atoms with van der Waals surface area (Å²) in [5.74, 6) is 0.270. The van der Waals surface area contributed by atoms with Gasteiger partial charge in [0.1, 0.15) is 10.6 Å². The number of nitrogens with one attached hydrogen (secondary N) is 1. The zero-order chi connectivity index (χ0) is 22.0. The topological polar surface area (TPSA) is 92.8 Å². The molecular formula is C19H28N2O5S3. The molecule has 0 fully saturated rings. The molecule has 0 saturated heterocycles. The van der Waals surface area contributed by atoms with Crippen LogP contribution in [0.4, 0.5) is 5.69 Å². The molecule has 7 nitrogen and oxygen atoms in total. The van der Waals surface area contributed by atoms with E-state index in [1.165, 1.54) is 33.8 Å². The minimum Gasteiger partial charge on any atom is -0.489 e. The van der Waals surface area contributed by atoms with Crippen molar-refractivity contribution in [1.82, 2.24) is 4.31 Å². The molecule has 0 aliphatic heterocycles. The molecule has 0 unspecified atom stereocenters. The molecule has 10 heteroatoms. The van der Waals surface area contributed by atoms with Crippen LogP contribution in [0, 0.1) is 13.8 Å². The van der Waals surface area contributed by atoms with Crippen molar-refractivity contribution in [2.24, 2.45) is 0 Å². The van der Waals surface area contributed by atoms with Gasteiger partial charge in [0.2, 0.25) is 10.0 Å². The molecular weight excluding hydrogens is 432 g/mol. The fraction of sp³-hybridized carbons (Fsp3) is 0.474. The Labute approximate surface area is 177 Å². The Morgan fingerprint density at radius 1 is 1.07 bits per heavy atom. The van der Waals surface area contributed by atoms with E-state index in [1.807, 2.05) is 20.8 Å². The van der Waals surface area contributed by atoms with Gasteiger partial charge in [-0.05, 0) is 52.0 Å². The minimum atomic E-state index is -3.90. The highest BCUT2D eigenvalue weighted by Gasteiger charge is 2.26. The van der Waals surface area contributed by atoms with Crippen molar-refractivity contribution in [3.8, 4) is 5.75 Å². The number of rotatable bonds is 9. The summed E-state index contributed by atoms with van der Waals surface area (Å²) in [5, 5.41) is 0. The maximum absolute atomic E-state index is 13.0. The van der Waals surface area contributed by atoms with E-state index in [4.69, 9.17) is 4.74 Å². The number of nitrogens with zero attached hydrogens (tertiary/aromatic N) is 1. The molecule has 0 radical (unpaired) electrons. The highest BCUT2D eigenvalue weighted by Crippen LogP contribution is 2.33. The number of aryl methyl sites for hydroxylation is 2. The van der Waals surface area contributed by atoms with Crippen molar-refractivity contribution in [2.75, 3.05) is 17.8 Å². The predicted octanol–water partition coefficient (Wildman–Crippen LogP) is 3.98. The normalized spacial score (nSPS) is 12.6. The molecule has 0 saturated carbocycles. The summed E-state index contributed by atoms with van der Waals surface area (Å²) in [7, 11) is -7.65. The molecule has 0 aliphatic rings. The van der Waals surface area contributed by atoms with E-state index in [9.17, 15) is 16.8 Å². The molecule has 1 aromatic carbocycles. The predicted molar refractivity (Wildman–Crippen MR) is 117 cm³/mol. The zero-order valence-electron chi connectivity index (χ0n) is 17.5. The third-order valence-electron chi connectivity index (χ3n) is 4.19. The van der Waals surface area contributed by atoms with Gasteiger partial charge in [0, 0.05) is 22.8 Å². The molecule has 162 valence electrons. The maximum Gasteiger partial charge on any atom is 0.263 e. The second-order valence-corrected chi connectivity index (χ2v) is 11.8. The Kier molecular flexibility index (Phi) is 7.37. The second kappa shape index (κ2) is 9.03. The molecule has 1 aromatic heterocycles. The maximum atomic E-state index is 13.0. The van der Waals surface area contributed by atoms with Gasteiger partial charge < -0.3 is 4.74 Å². The number of benzene rings is 1. The second-order valence-electron chi connectivity index (χ2n) is 6.80. The highest BCUT2D eigenvalue weighted by molar-refractivity contribution is 7.93. The van der Waals surface area contributed by atoms with E-state index >= 15 is 0 Å². The van der Waals surface area contributed by atoms with Crippen LogP contribution in [0.3, 0.4) is 0 Å². The first kappa shape index (κ1) is 23.7. The Hall–Kier alpha value is -1.62. The van der Waals surface area contributed by atoms with Crippen LogP contribution in [-0.4, -0.2) is 40.3 Å². The molecule has 29 heavy (non-hydrogen) atoms. The third-order valence-corrected chi connectivity index (χ3v) is 8.82.